The van der Waals surface area contributed by atoms with Gasteiger partial charge in [0, 0.05) is 31.0 Å². The topological polar surface area (TPSA) is 116 Å². The third kappa shape index (κ3) is 3.48. The third-order valence-corrected chi connectivity index (χ3v) is 4.32. The molecule has 0 saturated heterocycles. The Morgan fingerprint density at radius 2 is 1.86 bits per heavy atom. The van der Waals surface area contributed by atoms with E-state index in [0.717, 1.165) is 4.57 Å². The van der Waals surface area contributed by atoms with Crippen LogP contribution in [0.1, 0.15) is 31.1 Å². The number of nitrogens with one attached hydrogen (secondary N) is 1. The van der Waals surface area contributed by atoms with Crippen LogP contribution >= 0.6 is 0 Å². The zero-order valence-corrected chi connectivity index (χ0v) is 15.9. The summed E-state index contributed by atoms with van der Waals surface area (Å²) in [7, 11) is 0. The summed E-state index contributed by atoms with van der Waals surface area (Å²) in [5.74, 6) is -0.403. The second-order valence-corrected chi connectivity index (χ2v) is 6.14. The van der Waals surface area contributed by atoms with Gasteiger partial charge in [-0.15, -0.1) is 0 Å². The average Bonchev–Trinajstić information content (AvgIpc) is 3.14. The maximum atomic E-state index is 12.9. The molecule has 0 spiro atoms. The van der Waals surface area contributed by atoms with Gasteiger partial charge in [-0.2, -0.15) is 5.10 Å². The molecule has 0 aliphatic rings. The lowest BCUT2D eigenvalue weighted by molar-refractivity contribution is 0.0954. The van der Waals surface area contributed by atoms with Crippen molar-refractivity contribution in [3.05, 3.63) is 57.3 Å². The number of nitrogens with zero attached hydrogens (tertiary/aromatic N) is 6. The van der Waals surface area contributed by atoms with Gasteiger partial charge >= 0.3 is 5.69 Å². The number of fused-ring (bicyclic) bond motifs is 1. The zero-order valence-electron chi connectivity index (χ0n) is 15.9. The molecule has 0 atom stereocenters. The fourth-order valence-corrected chi connectivity index (χ4v) is 2.88. The highest BCUT2D eigenvalue weighted by Crippen LogP contribution is 2.06. The number of aromatic nitrogens is 5. The van der Waals surface area contributed by atoms with Gasteiger partial charge in [-0.05, 0) is 32.9 Å². The van der Waals surface area contributed by atoms with Crippen molar-refractivity contribution in [1.82, 2.24) is 29.1 Å². The minimum atomic E-state index is -0.462. The van der Waals surface area contributed by atoms with Crippen LogP contribution in [0.4, 0.5) is 0 Å². The normalized spacial score (nSPS) is 11.8. The SMILES string of the molecule is CCn1cnc2c1c(=O)n(C/C(C)=N/NC(=O)c1ccncc1)c(=O)n2CC. The second-order valence-electron chi connectivity index (χ2n) is 6.14. The molecule has 10 nitrogen and oxygen atoms in total. The van der Waals surface area contributed by atoms with Gasteiger partial charge in [0.1, 0.15) is 0 Å². The number of hydrogen-bond donors (Lipinski definition) is 1. The summed E-state index contributed by atoms with van der Waals surface area (Å²) in [5.41, 5.74) is 3.09. The number of pyridine rings is 1. The molecule has 0 aliphatic heterocycles. The lowest BCUT2D eigenvalue weighted by Crippen LogP contribution is -2.42. The Morgan fingerprint density at radius 3 is 2.50 bits per heavy atom. The van der Waals surface area contributed by atoms with E-state index < -0.39 is 17.2 Å². The summed E-state index contributed by atoms with van der Waals surface area (Å²) in [5, 5.41) is 4.01. The number of aryl methyl sites for hydroxylation is 2. The largest absolute Gasteiger partial charge is 0.333 e. The second kappa shape index (κ2) is 7.99. The van der Waals surface area contributed by atoms with Crippen LogP contribution in [-0.4, -0.2) is 35.3 Å². The van der Waals surface area contributed by atoms with Crippen molar-refractivity contribution in [2.24, 2.45) is 5.10 Å². The minimum absolute atomic E-state index is 0.0425. The molecular formula is C18H21N7O3. The lowest BCUT2D eigenvalue weighted by Gasteiger charge is -2.11. The van der Waals surface area contributed by atoms with Crippen LogP contribution in [0.15, 0.2) is 45.5 Å². The standard InChI is InChI=1S/C18H21N7O3/c1-4-23-11-20-15-14(23)17(27)25(18(28)24(15)5-2)10-12(3)21-22-16(26)13-6-8-19-9-7-13/h6-9,11H,4-5,10H2,1-3H3,(H,22,26)/b21-12+. The summed E-state index contributed by atoms with van der Waals surface area (Å²) < 4.78 is 4.26. The number of carbonyl (C=O) groups excluding carboxylic acids is 1. The van der Waals surface area contributed by atoms with Crippen LogP contribution in [-0.2, 0) is 19.6 Å². The first-order chi connectivity index (χ1) is 13.5. The number of hydrazone groups is 1. The highest BCUT2D eigenvalue weighted by molar-refractivity contribution is 5.95. The van der Waals surface area contributed by atoms with Crippen molar-refractivity contribution >= 4 is 22.8 Å². The molecule has 1 N–H and O–H groups in total. The van der Waals surface area contributed by atoms with Gasteiger partial charge in [-0.3, -0.25) is 23.7 Å². The first kappa shape index (κ1) is 19.2. The Balaban J connectivity index is 1.94. The lowest BCUT2D eigenvalue weighted by atomic mass is 10.3. The van der Waals surface area contributed by atoms with Gasteiger partial charge in [0.25, 0.3) is 11.5 Å². The number of amides is 1. The van der Waals surface area contributed by atoms with Gasteiger partial charge in [-0.25, -0.2) is 15.2 Å². The first-order valence-corrected chi connectivity index (χ1v) is 8.89. The van der Waals surface area contributed by atoms with E-state index in [0.29, 0.717) is 35.5 Å². The predicted octanol–water partition coefficient (Wildman–Crippen LogP) is 0.600. The number of hydrogen-bond acceptors (Lipinski definition) is 6. The van der Waals surface area contributed by atoms with Crippen molar-refractivity contribution in [3.8, 4) is 0 Å². The Labute approximate surface area is 160 Å². The molecule has 1 amide bonds. The van der Waals surface area contributed by atoms with Crippen LogP contribution in [0, 0.1) is 0 Å². The average molecular weight is 383 g/mol. The Hall–Kier alpha value is -3.56. The van der Waals surface area contributed by atoms with Crippen LogP contribution in [0.5, 0.6) is 0 Å². The van der Waals surface area contributed by atoms with Crippen molar-refractivity contribution in [2.45, 2.75) is 40.4 Å². The molecule has 0 bridgehead atoms. The van der Waals surface area contributed by atoms with Crippen molar-refractivity contribution in [3.63, 3.8) is 0 Å². The molecule has 146 valence electrons. The fraction of sp³-hybridized carbons (Fsp3) is 0.333. The van der Waals surface area contributed by atoms with E-state index in [1.807, 2.05) is 13.8 Å². The molecule has 3 heterocycles. The van der Waals surface area contributed by atoms with Gasteiger partial charge in [0.05, 0.1) is 18.6 Å². The molecule has 3 aromatic heterocycles. The molecule has 0 aromatic carbocycles. The summed E-state index contributed by atoms with van der Waals surface area (Å²) >= 11 is 0. The maximum absolute atomic E-state index is 12.9. The molecule has 0 saturated carbocycles. The molecule has 0 aliphatic carbocycles. The molecule has 3 aromatic rings. The summed E-state index contributed by atoms with van der Waals surface area (Å²) in [6.07, 6.45) is 4.56. The monoisotopic (exact) mass is 383 g/mol. The summed E-state index contributed by atoms with van der Waals surface area (Å²) in [4.78, 5) is 45.8. The third-order valence-electron chi connectivity index (χ3n) is 4.32. The van der Waals surface area contributed by atoms with E-state index >= 15 is 0 Å². The molecule has 0 fully saturated rings. The summed E-state index contributed by atoms with van der Waals surface area (Å²) in [6, 6.07) is 3.12. The predicted molar refractivity (Wildman–Crippen MR) is 104 cm³/mol. The molecule has 28 heavy (non-hydrogen) atoms. The van der Waals surface area contributed by atoms with E-state index in [9.17, 15) is 14.4 Å². The van der Waals surface area contributed by atoms with Crippen molar-refractivity contribution in [2.75, 3.05) is 0 Å². The van der Waals surface area contributed by atoms with Crippen LogP contribution in [0.25, 0.3) is 11.2 Å². The fourth-order valence-electron chi connectivity index (χ4n) is 2.88. The van der Waals surface area contributed by atoms with Crippen molar-refractivity contribution in [1.29, 1.82) is 0 Å². The Bertz CT molecular complexity index is 1160. The van der Waals surface area contributed by atoms with E-state index in [-0.39, 0.29) is 6.54 Å². The highest BCUT2D eigenvalue weighted by Gasteiger charge is 2.17. The number of imidazole rings is 1. The Kier molecular flexibility index (Phi) is 5.48. The first-order valence-electron chi connectivity index (χ1n) is 8.89. The van der Waals surface area contributed by atoms with Gasteiger partial charge in [0.15, 0.2) is 11.2 Å². The molecule has 10 heteroatoms. The van der Waals surface area contributed by atoms with Crippen LogP contribution in [0.2, 0.25) is 0 Å². The molecule has 0 unspecified atom stereocenters. The van der Waals surface area contributed by atoms with Gasteiger partial charge in [0.2, 0.25) is 0 Å². The number of carbonyl (C=O) groups is 1. The van der Waals surface area contributed by atoms with E-state index in [4.69, 9.17) is 0 Å². The smallest absolute Gasteiger partial charge is 0.325 e. The quantitative estimate of drug-likeness (QED) is 0.494. The highest BCUT2D eigenvalue weighted by atomic mass is 16.2. The van der Waals surface area contributed by atoms with Crippen LogP contribution in [0.3, 0.4) is 0 Å². The molecule has 0 radical (unpaired) electrons. The van der Waals surface area contributed by atoms with E-state index in [1.165, 1.54) is 17.0 Å². The van der Waals surface area contributed by atoms with Gasteiger partial charge in [-0.1, -0.05) is 0 Å². The van der Waals surface area contributed by atoms with Crippen LogP contribution < -0.4 is 16.7 Å². The minimum Gasteiger partial charge on any atom is -0.325 e. The number of rotatable bonds is 6. The zero-order chi connectivity index (χ0) is 20.3. The van der Waals surface area contributed by atoms with Crippen molar-refractivity contribution < 1.29 is 4.79 Å². The molecule has 3 rings (SSSR count). The maximum Gasteiger partial charge on any atom is 0.333 e. The van der Waals surface area contributed by atoms with E-state index in [2.05, 4.69) is 20.5 Å². The Morgan fingerprint density at radius 1 is 1.14 bits per heavy atom. The summed E-state index contributed by atoms with van der Waals surface area (Å²) in [6.45, 7) is 6.24. The van der Waals surface area contributed by atoms with Gasteiger partial charge < -0.3 is 4.57 Å². The molecular weight excluding hydrogens is 362 g/mol. The van der Waals surface area contributed by atoms with E-state index in [1.54, 1.807) is 30.0 Å².